The molecule has 1 amide bonds. The highest BCUT2D eigenvalue weighted by atomic mass is 32.1. The van der Waals surface area contributed by atoms with Crippen LogP contribution < -0.4 is 20.1 Å². The number of ether oxygens (including phenoxy) is 2. The number of carbonyl (C=O) groups excluding carboxylic acids is 1. The van der Waals surface area contributed by atoms with Crippen molar-refractivity contribution in [3.8, 4) is 11.5 Å². The van der Waals surface area contributed by atoms with Crippen molar-refractivity contribution in [1.82, 2.24) is 4.98 Å². The number of thiophene rings is 1. The highest BCUT2D eigenvalue weighted by Crippen LogP contribution is 2.43. The second-order valence-corrected chi connectivity index (χ2v) is 8.97. The van der Waals surface area contributed by atoms with Crippen LogP contribution in [-0.4, -0.2) is 25.1 Å². The number of anilines is 2. The Morgan fingerprint density at radius 1 is 0.971 bits per heavy atom. The van der Waals surface area contributed by atoms with Crippen LogP contribution in [0.1, 0.15) is 38.0 Å². The summed E-state index contributed by atoms with van der Waals surface area (Å²) in [5, 5.41) is 7.48. The van der Waals surface area contributed by atoms with Crippen molar-refractivity contribution < 1.29 is 14.3 Å². The normalized spacial score (nSPS) is 11.5. The predicted molar refractivity (Wildman–Crippen MR) is 137 cm³/mol. The van der Waals surface area contributed by atoms with Crippen LogP contribution in [0.15, 0.2) is 72.9 Å². The number of amides is 1. The maximum atomic E-state index is 13.0. The van der Waals surface area contributed by atoms with Crippen molar-refractivity contribution >= 4 is 28.1 Å². The Bertz CT molecular complexity index is 1270. The van der Waals surface area contributed by atoms with E-state index in [1.807, 2.05) is 54.6 Å². The van der Waals surface area contributed by atoms with Gasteiger partial charge in [-0.15, -0.1) is 11.3 Å². The Kier molecular flexibility index (Phi) is 7.13. The zero-order valence-electron chi connectivity index (χ0n) is 19.6. The third-order valence-corrected chi connectivity index (χ3v) is 6.83. The fourth-order valence-electron chi connectivity index (χ4n) is 3.81. The Morgan fingerprint density at radius 3 is 2.41 bits per heavy atom. The van der Waals surface area contributed by atoms with Gasteiger partial charge >= 0.3 is 0 Å². The highest BCUT2D eigenvalue weighted by molar-refractivity contribution is 7.16. The third kappa shape index (κ3) is 4.89. The van der Waals surface area contributed by atoms with Crippen LogP contribution in [0.2, 0.25) is 0 Å². The molecule has 0 bridgehead atoms. The van der Waals surface area contributed by atoms with Gasteiger partial charge in [-0.3, -0.25) is 4.79 Å². The number of nitrogens with one attached hydrogen (secondary N) is 2. The topological polar surface area (TPSA) is 72.5 Å². The molecule has 2 aromatic carbocycles. The van der Waals surface area contributed by atoms with Gasteiger partial charge in [-0.05, 0) is 55.8 Å². The van der Waals surface area contributed by atoms with Gasteiger partial charge in [0.15, 0.2) is 0 Å². The molecule has 6 nitrogen and oxygen atoms in total. The maximum Gasteiger partial charge on any atom is 0.256 e. The minimum Gasteiger partial charge on any atom is -0.497 e. The lowest BCUT2D eigenvalue weighted by molar-refractivity contribution is 0.102. The van der Waals surface area contributed by atoms with Crippen molar-refractivity contribution in [2.75, 3.05) is 24.9 Å². The van der Waals surface area contributed by atoms with Gasteiger partial charge in [-0.2, -0.15) is 0 Å². The number of rotatable bonds is 8. The first-order chi connectivity index (χ1) is 16.5. The fourth-order valence-corrected chi connectivity index (χ4v) is 4.90. The molecule has 7 heteroatoms. The summed E-state index contributed by atoms with van der Waals surface area (Å²) in [5.41, 5.74) is 3.58. The molecular formula is C27H27N3O3S. The van der Waals surface area contributed by atoms with E-state index in [1.165, 1.54) is 0 Å². The van der Waals surface area contributed by atoms with Crippen LogP contribution >= 0.6 is 11.3 Å². The summed E-state index contributed by atoms with van der Waals surface area (Å²) in [4.78, 5) is 18.6. The number of nitrogens with zero attached hydrogens (tertiary/aromatic N) is 1. The molecule has 0 radical (unpaired) electrons. The van der Waals surface area contributed by atoms with Crippen molar-refractivity contribution in [2.45, 2.75) is 19.9 Å². The van der Waals surface area contributed by atoms with Gasteiger partial charge in [0, 0.05) is 33.8 Å². The highest BCUT2D eigenvalue weighted by Gasteiger charge is 2.27. The maximum absolute atomic E-state index is 13.0. The zero-order chi connectivity index (χ0) is 24.1. The molecule has 0 aliphatic rings. The number of pyridine rings is 1. The van der Waals surface area contributed by atoms with Crippen LogP contribution in [0.3, 0.4) is 0 Å². The summed E-state index contributed by atoms with van der Waals surface area (Å²) in [6.07, 6.45) is 1.74. The van der Waals surface area contributed by atoms with E-state index < -0.39 is 0 Å². The second-order valence-electron chi connectivity index (χ2n) is 7.75. The quantitative estimate of drug-likeness (QED) is 0.317. The Labute approximate surface area is 203 Å². The molecule has 4 rings (SSSR count). The van der Waals surface area contributed by atoms with Crippen molar-refractivity contribution in [3.05, 3.63) is 100 Å². The molecule has 0 aliphatic carbocycles. The standard InChI is InChI=1S/C27H27N3O3S/c1-17-18(2)34-27(30-26(31)19-10-6-5-7-11-19)24(17)25(29-23-12-8-9-15-28-23)21-14-13-20(32-3)16-22(21)33-4/h5-16,25H,1-4H3,(H,28,29)(H,30,31)/t25-/m0/s1. The van der Waals surface area contributed by atoms with Crippen LogP contribution in [0.5, 0.6) is 11.5 Å². The number of hydrogen-bond donors (Lipinski definition) is 2. The molecule has 2 N–H and O–H groups in total. The Hall–Kier alpha value is -3.84. The van der Waals surface area contributed by atoms with Crippen LogP contribution in [0.25, 0.3) is 0 Å². The molecular weight excluding hydrogens is 446 g/mol. The number of carbonyl (C=O) groups is 1. The summed E-state index contributed by atoms with van der Waals surface area (Å²) in [7, 11) is 3.27. The van der Waals surface area contributed by atoms with Crippen molar-refractivity contribution in [1.29, 1.82) is 0 Å². The lowest BCUT2D eigenvalue weighted by Crippen LogP contribution is -2.18. The van der Waals surface area contributed by atoms with Crippen molar-refractivity contribution in [3.63, 3.8) is 0 Å². The molecule has 0 fully saturated rings. The van der Waals surface area contributed by atoms with Gasteiger partial charge in [-0.1, -0.05) is 24.3 Å². The summed E-state index contributed by atoms with van der Waals surface area (Å²) < 4.78 is 11.1. The first-order valence-corrected chi connectivity index (χ1v) is 11.7. The van der Waals surface area contributed by atoms with E-state index in [-0.39, 0.29) is 11.9 Å². The van der Waals surface area contributed by atoms with Gasteiger partial charge < -0.3 is 20.1 Å². The Morgan fingerprint density at radius 2 is 1.74 bits per heavy atom. The van der Waals surface area contributed by atoms with Crippen LogP contribution in [-0.2, 0) is 0 Å². The van der Waals surface area contributed by atoms with Crippen LogP contribution in [0, 0.1) is 13.8 Å². The summed E-state index contributed by atoms with van der Waals surface area (Å²) >= 11 is 1.56. The molecule has 0 unspecified atom stereocenters. The Balaban J connectivity index is 1.83. The van der Waals surface area contributed by atoms with Gasteiger partial charge in [0.25, 0.3) is 5.91 Å². The van der Waals surface area contributed by atoms with E-state index in [1.54, 1.807) is 43.9 Å². The molecule has 4 aromatic rings. The van der Waals surface area contributed by atoms with Gasteiger partial charge in [0.1, 0.15) is 22.3 Å². The number of aromatic nitrogens is 1. The summed E-state index contributed by atoms with van der Waals surface area (Å²) in [6.45, 7) is 4.13. The largest absolute Gasteiger partial charge is 0.497 e. The van der Waals surface area contributed by atoms with Gasteiger partial charge in [0.05, 0.1) is 20.3 Å². The third-order valence-electron chi connectivity index (χ3n) is 5.69. The first-order valence-electron chi connectivity index (χ1n) is 10.9. The minimum atomic E-state index is -0.327. The average Bonchev–Trinajstić information content (AvgIpc) is 3.15. The molecule has 34 heavy (non-hydrogen) atoms. The molecule has 1 atom stereocenters. The van der Waals surface area contributed by atoms with E-state index in [4.69, 9.17) is 9.47 Å². The van der Waals surface area contributed by atoms with E-state index in [9.17, 15) is 4.79 Å². The number of aryl methyl sites for hydroxylation is 1. The van der Waals surface area contributed by atoms with E-state index in [2.05, 4.69) is 29.5 Å². The SMILES string of the molecule is COc1ccc([C@H](Nc2ccccn2)c2c(NC(=O)c3ccccc3)sc(C)c2C)c(OC)c1. The first kappa shape index (κ1) is 23.3. The van der Waals surface area contributed by atoms with E-state index >= 15 is 0 Å². The van der Waals surface area contributed by atoms with Crippen LogP contribution in [0.4, 0.5) is 10.8 Å². The minimum absolute atomic E-state index is 0.151. The lowest BCUT2D eigenvalue weighted by Gasteiger charge is -2.24. The smallest absolute Gasteiger partial charge is 0.256 e. The van der Waals surface area contributed by atoms with E-state index in [0.29, 0.717) is 22.9 Å². The molecule has 0 spiro atoms. The second kappa shape index (κ2) is 10.4. The fraction of sp³-hybridized carbons (Fsp3) is 0.185. The molecule has 2 heterocycles. The van der Waals surface area contributed by atoms with Crippen molar-refractivity contribution in [2.24, 2.45) is 0 Å². The molecule has 0 aliphatic heterocycles. The monoisotopic (exact) mass is 473 g/mol. The number of methoxy groups -OCH3 is 2. The molecule has 0 saturated heterocycles. The zero-order valence-corrected chi connectivity index (χ0v) is 20.4. The summed E-state index contributed by atoms with van der Waals surface area (Å²) in [6, 6.07) is 20.4. The van der Waals surface area contributed by atoms with Gasteiger partial charge in [-0.25, -0.2) is 4.98 Å². The lowest BCUT2D eigenvalue weighted by atomic mass is 9.95. The van der Waals surface area contributed by atoms with E-state index in [0.717, 1.165) is 26.6 Å². The molecule has 0 saturated carbocycles. The molecule has 2 aromatic heterocycles. The predicted octanol–water partition coefficient (Wildman–Crippen LogP) is 6.23. The average molecular weight is 474 g/mol. The summed E-state index contributed by atoms with van der Waals surface area (Å²) in [5.74, 6) is 1.94. The molecule has 174 valence electrons. The number of benzene rings is 2. The number of hydrogen-bond acceptors (Lipinski definition) is 6. The van der Waals surface area contributed by atoms with Gasteiger partial charge in [0.2, 0.25) is 0 Å².